The summed E-state index contributed by atoms with van der Waals surface area (Å²) in [5.74, 6) is -0.983. The second-order valence-corrected chi connectivity index (χ2v) is 5.26. The number of amides is 2. The first-order chi connectivity index (χ1) is 10.2. The number of hydrogen-bond acceptors (Lipinski definition) is 3. The van der Waals surface area contributed by atoms with E-state index in [0.29, 0.717) is 39.3 Å². The number of morpholine rings is 1. The summed E-state index contributed by atoms with van der Waals surface area (Å²) in [5.41, 5.74) is 1.73. The maximum atomic E-state index is 12.6. The van der Waals surface area contributed by atoms with E-state index >= 15 is 0 Å². The summed E-state index contributed by atoms with van der Waals surface area (Å²) < 4.78 is 5.24. The molecule has 2 aliphatic heterocycles. The average molecular weight is 290 g/mol. The number of rotatable bonds is 1. The maximum absolute atomic E-state index is 12.6. The van der Waals surface area contributed by atoms with Crippen LogP contribution in [-0.2, 0) is 16.0 Å². The zero-order valence-corrected chi connectivity index (χ0v) is 11.7. The van der Waals surface area contributed by atoms with Crippen molar-refractivity contribution in [1.29, 1.82) is 0 Å². The van der Waals surface area contributed by atoms with E-state index in [4.69, 9.17) is 4.74 Å². The Hall–Kier alpha value is -2.08. The lowest BCUT2D eigenvalue weighted by Gasteiger charge is -2.39. The molecule has 1 atom stereocenters. The quantitative estimate of drug-likeness (QED) is 0.841. The van der Waals surface area contributed by atoms with Crippen molar-refractivity contribution < 1.29 is 19.4 Å². The van der Waals surface area contributed by atoms with Crippen LogP contribution in [0.1, 0.15) is 17.2 Å². The number of carboxylic acids is 1. The van der Waals surface area contributed by atoms with Crippen molar-refractivity contribution >= 4 is 12.0 Å². The summed E-state index contributed by atoms with van der Waals surface area (Å²) in [6.45, 7) is 2.48. The van der Waals surface area contributed by atoms with Crippen LogP contribution in [0.2, 0.25) is 0 Å². The van der Waals surface area contributed by atoms with Gasteiger partial charge in [-0.15, -0.1) is 0 Å². The van der Waals surface area contributed by atoms with Crippen LogP contribution in [-0.4, -0.2) is 59.8 Å². The van der Waals surface area contributed by atoms with Gasteiger partial charge in [-0.2, -0.15) is 0 Å². The number of fused-ring (bicyclic) bond motifs is 1. The topological polar surface area (TPSA) is 70.1 Å². The Kier molecular flexibility index (Phi) is 3.79. The molecule has 0 saturated carbocycles. The van der Waals surface area contributed by atoms with Gasteiger partial charge in [0.1, 0.15) is 0 Å². The molecule has 1 saturated heterocycles. The predicted octanol–water partition coefficient (Wildman–Crippen LogP) is 1.12. The van der Waals surface area contributed by atoms with Crippen LogP contribution in [0.15, 0.2) is 24.3 Å². The summed E-state index contributed by atoms with van der Waals surface area (Å²) >= 11 is 0. The Labute approximate surface area is 122 Å². The van der Waals surface area contributed by atoms with Crippen LogP contribution in [0.25, 0.3) is 0 Å². The largest absolute Gasteiger partial charge is 0.479 e. The summed E-state index contributed by atoms with van der Waals surface area (Å²) in [7, 11) is 0. The second-order valence-electron chi connectivity index (χ2n) is 5.26. The summed E-state index contributed by atoms with van der Waals surface area (Å²) in [5, 5.41) is 9.57. The Morgan fingerprint density at radius 3 is 2.57 bits per heavy atom. The van der Waals surface area contributed by atoms with Gasteiger partial charge in [0.05, 0.1) is 13.2 Å². The van der Waals surface area contributed by atoms with Gasteiger partial charge in [0, 0.05) is 19.6 Å². The molecule has 0 radical (unpaired) electrons. The highest BCUT2D eigenvalue weighted by Gasteiger charge is 2.37. The van der Waals surface area contributed by atoms with Crippen LogP contribution in [0.5, 0.6) is 0 Å². The Balaban J connectivity index is 1.88. The highest BCUT2D eigenvalue weighted by Crippen LogP contribution is 2.30. The molecule has 0 aliphatic carbocycles. The number of carbonyl (C=O) groups excluding carboxylic acids is 1. The molecule has 1 aromatic rings. The zero-order valence-electron chi connectivity index (χ0n) is 11.7. The third kappa shape index (κ3) is 2.58. The van der Waals surface area contributed by atoms with Crippen molar-refractivity contribution in [3.8, 4) is 0 Å². The molecule has 1 fully saturated rings. The van der Waals surface area contributed by atoms with Crippen molar-refractivity contribution in [2.75, 3.05) is 32.8 Å². The van der Waals surface area contributed by atoms with Gasteiger partial charge in [-0.05, 0) is 17.5 Å². The number of hydrogen-bond donors (Lipinski definition) is 1. The number of carbonyl (C=O) groups is 2. The SMILES string of the molecule is O=C(O)C1c2ccccc2CCN1C(=O)N1CCOCC1. The second kappa shape index (κ2) is 5.73. The molecule has 2 aliphatic rings. The molecule has 2 amide bonds. The molecule has 0 spiro atoms. The van der Waals surface area contributed by atoms with Gasteiger partial charge < -0.3 is 19.6 Å². The van der Waals surface area contributed by atoms with Gasteiger partial charge in [-0.1, -0.05) is 24.3 Å². The van der Waals surface area contributed by atoms with Crippen molar-refractivity contribution in [2.45, 2.75) is 12.5 Å². The smallest absolute Gasteiger partial charge is 0.331 e. The summed E-state index contributed by atoms with van der Waals surface area (Å²) in [4.78, 5) is 27.4. The molecular formula is C15H18N2O4. The van der Waals surface area contributed by atoms with Gasteiger partial charge in [0.25, 0.3) is 0 Å². The van der Waals surface area contributed by atoms with Gasteiger partial charge in [0.15, 0.2) is 6.04 Å². The number of carboxylic acid groups (broad SMARTS) is 1. The van der Waals surface area contributed by atoms with Gasteiger partial charge >= 0.3 is 12.0 Å². The lowest BCUT2D eigenvalue weighted by atomic mass is 9.93. The van der Waals surface area contributed by atoms with Crippen molar-refractivity contribution in [3.63, 3.8) is 0 Å². The van der Waals surface area contributed by atoms with Crippen LogP contribution in [0.3, 0.4) is 0 Å². The van der Waals surface area contributed by atoms with E-state index in [1.807, 2.05) is 18.2 Å². The molecule has 21 heavy (non-hydrogen) atoms. The molecule has 1 N–H and O–H groups in total. The average Bonchev–Trinajstić information content (AvgIpc) is 2.53. The van der Waals surface area contributed by atoms with Crippen LogP contribution >= 0.6 is 0 Å². The maximum Gasteiger partial charge on any atom is 0.331 e. The van der Waals surface area contributed by atoms with Crippen LogP contribution in [0, 0.1) is 0 Å². The van der Waals surface area contributed by atoms with E-state index in [1.54, 1.807) is 11.0 Å². The first kappa shape index (κ1) is 13.9. The number of ether oxygens (including phenoxy) is 1. The van der Waals surface area contributed by atoms with Crippen LogP contribution < -0.4 is 0 Å². The van der Waals surface area contributed by atoms with Gasteiger partial charge in [0.2, 0.25) is 0 Å². The standard InChI is InChI=1S/C15H18N2O4/c18-14(19)13-12-4-2-1-3-11(12)5-6-17(13)15(20)16-7-9-21-10-8-16/h1-4,13H,5-10H2,(H,18,19). The zero-order chi connectivity index (χ0) is 14.8. The van der Waals surface area contributed by atoms with E-state index in [0.717, 1.165) is 11.1 Å². The molecule has 112 valence electrons. The minimum atomic E-state index is -0.983. The fourth-order valence-electron chi connectivity index (χ4n) is 2.98. The van der Waals surface area contributed by atoms with Crippen LogP contribution in [0.4, 0.5) is 4.79 Å². The number of nitrogens with zero attached hydrogens (tertiary/aromatic N) is 2. The normalized spacial score (nSPS) is 21.8. The molecule has 0 aromatic heterocycles. The van der Waals surface area contributed by atoms with E-state index in [2.05, 4.69) is 0 Å². The Morgan fingerprint density at radius 1 is 1.14 bits per heavy atom. The third-order valence-corrected chi connectivity index (χ3v) is 4.04. The lowest BCUT2D eigenvalue weighted by molar-refractivity contribution is -0.143. The molecule has 6 heteroatoms. The fourth-order valence-corrected chi connectivity index (χ4v) is 2.98. The Bertz CT molecular complexity index is 554. The monoisotopic (exact) mass is 290 g/mol. The fraction of sp³-hybridized carbons (Fsp3) is 0.467. The molecular weight excluding hydrogens is 272 g/mol. The van der Waals surface area contributed by atoms with Gasteiger partial charge in [-0.25, -0.2) is 9.59 Å². The highest BCUT2D eigenvalue weighted by molar-refractivity contribution is 5.84. The predicted molar refractivity (Wildman–Crippen MR) is 75.0 cm³/mol. The molecule has 2 heterocycles. The minimum Gasteiger partial charge on any atom is -0.479 e. The van der Waals surface area contributed by atoms with E-state index in [9.17, 15) is 14.7 Å². The molecule has 3 rings (SSSR count). The summed E-state index contributed by atoms with van der Waals surface area (Å²) in [6, 6.07) is 6.34. The highest BCUT2D eigenvalue weighted by atomic mass is 16.5. The Morgan fingerprint density at radius 2 is 1.86 bits per heavy atom. The number of benzene rings is 1. The van der Waals surface area contributed by atoms with Crippen molar-refractivity contribution in [2.24, 2.45) is 0 Å². The lowest BCUT2D eigenvalue weighted by Crippen LogP contribution is -2.52. The molecule has 1 unspecified atom stereocenters. The third-order valence-electron chi connectivity index (χ3n) is 4.04. The summed E-state index contributed by atoms with van der Waals surface area (Å²) in [6.07, 6.45) is 0.691. The molecule has 0 bridgehead atoms. The molecule has 1 aromatic carbocycles. The van der Waals surface area contributed by atoms with E-state index in [1.165, 1.54) is 4.90 Å². The van der Waals surface area contributed by atoms with Crippen molar-refractivity contribution in [3.05, 3.63) is 35.4 Å². The van der Waals surface area contributed by atoms with Crippen molar-refractivity contribution in [1.82, 2.24) is 9.80 Å². The van der Waals surface area contributed by atoms with E-state index < -0.39 is 12.0 Å². The number of urea groups is 1. The number of aliphatic carboxylic acids is 1. The van der Waals surface area contributed by atoms with Gasteiger partial charge in [-0.3, -0.25) is 0 Å². The first-order valence-electron chi connectivity index (χ1n) is 7.12. The molecule has 6 nitrogen and oxygen atoms in total. The first-order valence-corrected chi connectivity index (χ1v) is 7.12. The van der Waals surface area contributed by atoms with E-state index in [-0.39, 0.29) is 6.03 Å². The minimum absolute atomic E-state index is 0.208.